The van der Waals surface area contributed by atoms with E-state index in [1.807, 2.05) is 19.2 Å². The van der Waals surface area contributed by atoms with Gasteiger partial charge in [-0.2, -0.15) is 0 Å². The largest absolute Gasteiger partial charge is 0.383 e. The molecule has 1 aromatic carbocycles. The second kappa shape index (κ2) is 6.22. The van der Waals surface area contributed by atoms with Crippen LogP contribution in [0.1, 0.15) is 30.9 Å². The van der Waals surface area contributed by atoms with Gasteiger partial charge in [-0.15, -0.1) is 0 Å². The molecule has 2 rings (SSSR count). The molecule has 5 heteroatoms. The van der Waals surface area contributed by atoms with Crippen molar-refractivity contribution in [1.82, 2.24) is 9.97 Å². The van der Waals surface area contributed by atoms with Crippen molar-refractivity contribution in [3.05, 3.63) is 46.2 Å². The summed E-state index contributed by atoms with van der Waals surface area (Å²) >= 11 is 3.49. The Kier molecular flexibility index (Phi) is 4.60. The quantitative estimate of drug-likeness (QED) is 0.928. The van der Waals surface area contributed by atoms with Gasteiger partial charge in [0.25, 0.3) is 0 Å². The van der Waals surface area contributed by atoms with Gasteiger partial charge in [-0.25, -0.2) is 9.97 Å². The Labute approximate surface area is 128 Å². The Morgan fingerprint density at radius 3 is 2.70 bits per heavy atom. The molecule has 0 aliphatic rings. The van der Waals surface area contributed by atoms with Crippen LogP contribution in [0.25, 0.3) is 0 Å². The fourth-order valence-electron chi connectivity index (χ4n) is 2.24. The number of benzene rings is 1. The second-order valence-electron chi connectivity index (χ2n) is 5.14. The van der Waals surface area contributed by atoms with Crippen LogP contribution in [0, 0.1) is 0 Å². The van der Waals surface area contributed by atoms with Crippen molar-refractivity contribution in [2.45, 2.75) is 26.3 Å². The van der Waals surface area contributed by atoms with Gasteiger partial charge in [0.05, 0.1) is 0 Å². The van der Waals surface area contributed by atoms with E-state index in [4.69, 9.17) is 5.73 Å². The number of halogens is 1. The molecule has 0 bridgehead atoms. The minimum atomic E-state index is 0.288. The molecule has 0 atom stereocenters. The van der Waals surface area contributed by atoms with E-state index >= 15 is 0 Å². The molecular formula is C15H19BrN4. The third kappa shape index (κ3) is 3.28. The van der Waals surface area contributed by atoms with E-state index in [1.165, 1.54) is 11.9 Å². The summed E-state index contributed by atoms with van der Waals surface area (Å²) in [4.78, 5) is 10.6. The minimum absolute atomic E-state index is 0.288. The molecule has 0 spiro atoms. The summed E-state index contributed by atoms with van der Waals surface area (Å²) in [6, 6.07) is 8.26. The van der Waals surface area contributed by atoms with Crippen molar-refractivity contribution < 1.29 is 0 Å². The summed E-state index contributed by atoms with van der Waals surface area (Å²) in [5.41, 5.74) is 8.21. The van der Waals surface area contributed by atoms with Crippen molar-refractivity contribution in [2.75, 3.05) is 17.7 Å². The molecule has 0 aliphatic carbocycles. The summed E-state index contributed by atoms with van der Waals surface area (Å²) in [5, 5.41) is 0. The van der Waals surface area contributed by atoms with Crippen molar-refractivity contribution in [1.29, 1.82) is 0 Å². The highest BCUT2D eigenvalue weighted by Gasteiger charge is 2.16. The predicted molar refractivity (Wildman–Crippen MR) is 86.8 cm³/mol. The van der Waals surface area contributed by atoms with Crippen molar-refractivity contribution >= 4 is 27.6 Å². The number of nitrogen functional groups attached to an aromatic ring is 1. The van der Waals surface area contributed by atoms with E-state index in [2.05, 4.69) is 56.8 Å². The Bertz CT molecular complexity index is 598. The molecule has 2 N–H and O–H groups in total. The maximum Gasteiger partial charge on any atom is 0.137 e. The SMILES string of the molecule is CC(C)c1c(N)ncnc1N(C)Cc1cccc(Br)c1. The number of rotatable bonds is 4. The molecule has 1 aromatic heterocycles. The molecule has 0 saturated heterocycles. The number of nitrogens with two attached hydrogens (primary N) is 1. The van der Waals surface area contributed by atoms with Crippen LogP contribution in [0.3, 0.4) is 0 Å². The second-order valence-corrected chi connectivity index (χ2v) is 6.05. The zero-order valence-electron chi connectivity index (χ0n) is 12.0. The number of nitrogens with zero attached hydrogens (tertiary/aromatic N) is 3. The van der Waals surface area contributed by atoms with Gasteiger partial charge in [0, 0.05) is 23.6 Å². The summed E-state index contributed by atoms with van der Waals surface area (Å²) < 4.78 is 1.08. The molecule has 20 heavy (non-hydrogen) atoms. The van der Waals surface area contributed by atoms with Crippen LogP contribution in [0.15, 0.2) is 35.1 Å². The summed E-state index contributed by atoms with van der Waals surface area (Å²) in [7, 11) is 2.02. The van der Waals surface area contributed by atoms with Gasteiger partial charge in [-0.1, -0.05) is 41.9 Å². The Balaban J connectivity index is 2.30. The average Bonchev–Trinajstić information content (AvgIpc) is 2.37. The maximum absolute atomic E-state index is 5.99. The first-order valence-electron chi connectivity index (χ1n) is 6.55. The standard InChI is InChI=1S/C15H19BrN4/c1-10(2)13-14(17)18-9-19-15(13)20(3)8-11-5-4-6-12(16)7-11/h4-7,9-10H,8H2,1-3H3,(H2,17,18,19). The van der Waals surface area contributed by atoms with E-state index in [0.29, 0.717) is 5.82 Å². The Hall–Kier alpha value is -1.62. The normalized spacial score (nSPS) is 10.8. The molecule has 0 saturated carbocycles. The molecule has 1 heterocycles. The molecule has 106 valence electrons. The molecule has 0 radical (unpaired) electrons. The first kappa shape index (κ1) is 14.8. The molecular weight excluding hydrogens is 316 g/mol. The van der Waals surface area contributed by atoms with Crippen molar-refractivity contribution in [3.63, 3.8) is 0 Å². The van der Waals surface area contributed by atoms with Crippen LogP contribution in [-0.2, 0) is 6.54 Å². The van der Waals surface area contributed by atoms with Gasteiger partial charge < -0.3 is 10.6 Å². The maximum atomic E-state index is 5.99. The smallest absolute Gasteiger partial charge is 0.137 e. The van der Waals surface area contributed by atoms with Crippen LogP contribution in [0.2, 0.25) is 0 Å². The predicted octanol–water partition coefficient (Wildman–Crippen LogP) is 3.58. The molecule has 0 unspecified atom stereocenters. The fraction of sp³-hybridized carbons (Fsp3) is 0.333. The zero-order valence-corrected chi connectivity index (χ0v) is 13.6. The lowest BCUT2D eigenvalue weighted by Gasteiger charge is -2.23. The lowest BCUT2D eigenvalue weighted by atomic mass is 10.0. The first-order chi connectivity index (χ1) is 9.49. The molecule has 0 fully saturated rings. The zero-order chi connectivity index (χ0) is 14.7. The third-order valence-electron chi connectivity index (χ3n) is 3.14. The van der Waals surface area contributed by atoms with Crippen LogP contribution in [0.5, 0.6) is 0 Å². The highest BCUT2D eigenvalue weighted by atomic mass is 79.9. The van der Waals surface area contributed by atoms with Gasteiger partial charge in [-0.05, 0) is 23.6 Å². The lowest BCUT2D eigenvalue weighted by molar-refractivity contribution is 0.812. The highest BCUT2D eigenvalue weighted by molar-refractivity contribution is 9.10. The topological polar surface area (TPSA) is 55.0 Å². The van der Waals surface area contributed by atoms with Gasteiger partial charge in [0.1, 0.15) is 18.0 Å². The van der Waals surface area contributed by atoms with Gasteiger partial charge >= 0.3 is 0 Å². The number of hydrogen-bond acceptors (Lipinski definition) is 4. The monoisotopic (exact) mass is 334 g/mol. The van der Waals surface area contributed by atoms with E-state index in [-0.39, 0.29) is 5.92 Å². The number of hydrogen-bond donors (Lipinski definition) is 1. The van der Waals surface area contributed by atoms with Crippen LogP contribution in [0.4, 0.5) is 11.6 Å². The summed E-state index contributed by atoms with van der Waals surface area (Å²) in [6.45, 7) is 4.98. The molecule has 0 amide bonds. The van der Waals surface area contributed by atoms with Crippen molar-refractivity contribution in [2.24, 2.45) is 0 Å². The van der Waals surface area contributed by atoms with Crippen molar-refractivity contribution in [3.8, 4) is 0 Å². The van der Waals surface area contributed by atoms with Crippen LogP contribution < -0.4 is 10.6 Å². The third-order valence-corrected chi connectivity index (χ3v) is 3.63. The Morgan fingerprint density at radius 1 is 1.30 bits per heavy atom. The summed E-state index contributed by atoms with van der Waals surface area (Å²) in [5.74, 6) is 1.75. The highest BCUT2D eigenvalue weighted by Crippen LogP contribution is 2.29. The molecule has 0 aliphatic heterocycles. The molecule has 4 nitrogen and oxygen atoms in total. The number of aromatic nitrogens is 2. The van der Waals surface area contributed by atoms with E-state index < -0.39 is 0 Å². The van der Waals surface area contributed by atoms with Gasteiger partial charge in [-0.3, -0.25) is 0 Å². The summed E-state index contributed by atoms with van der Waals surface area (Å²) in [6.07, 6.45) is 1.52. The van der Waals surface area contributed by atoms with E-state index in [0.717, 1.165) is 22.4 Å². The first-order valence-corrected chi connectivity index (χ1v) is 7.34. The van der Waals surface area contributed by atoms with Crippen LogP contribution >= 0.6 is 15.9 Å². The number of anilines is 2. The minimum Gasteiger partial charge on any atom is -0.383 e. The van der Waals surface area contributed by atoms with Gasteiger partial charge in [0.15, 0.2) is 0 Å². The van der Waals surface area contributed by atoms with Gasteiger partial charge in [0.2, 0.25) is 0 Å². The Morgan fingerprint density at radius 2 is 2.05 bits per heavy atom. The van der Waals surface area contributed by atoms with E-state index in [9.17, 15) is 0 Å². The fourth-order valence-corrected chi connectivity index (χ4v) is 2.69. The average molecular weight is 335 g/mol. The van der Waals surface area contributed by atoms with E-state index in [1.54, 1.807) is 0 Å². The molecule has 2 aromatic rings. The lowest BCUT2D eigenvalue weighted by Crippen LogP contribution is -2.21. The van der Waals surface area contributed by atoms with Crippen LogP contribution in [-0.4, -0.2) is 17.0 Å².